The maximum Gasteiger partial charge on any atom is 0.389 e. The first-order valence-corrected chi connectivity index (χ1v) is 13.1. The molecule has 7 nitrogen and oxygen atoms in total. The zero-order chi connectivity index (χ0) is 26.9. The summed E-state index contributed by atoms with van der Waals surface area (Å²) in [4.78, 5) is 23.8. The van der Waals surface area contributed by atoms with Gasteiger partial charge in [-0.05, 0) is 72.8 Å². The molecule has 38 heavy (non-hydrogen) atoms. The van der Waals surface area contributed by atoms with Crippen LogP contribution in [-0.2, 0) is 4.74 Å². The lowest BCUT2D eigenvalue weighted by atomic mass is 9.98. The minimum Gasteiger partial charge on any atom is -0.378 e. The number of nitrogens with one attached hydrogen (secondary N) is 1. The Balaban J connectivity index is 1.39. The summed E-state index contributed by atoms with van der Waals surface area (Å²) in [6, 6.07) is 9.55. The number of ether oxygens (including phenoxy) is 1. The maximum atomic E-state index is 12.9. The maximum absolute atomic E-state index is 12.9. The van der Waals surface area contributed by atoms with Gasteiger partial charge in [0.15, 0.2) is 0 Å². The lowest BCUT2D eigenvalue weighted by Gasteiger charge is -2.29. The van der Waals surface area contributed by atoms with Crippen LogP contribution in [0.5, 0.6) is 0 Å². The molecule has 2 fully saturated rings. The molecule has 0 aliphatic carbocycles. The fourth-order valence-corrected chi connectivity index (χ4v) is 5.39. The molecule has 1 aromatic carbocycles. The largest absolute Gasteiger partial charge is 0.389 e. The standard InChI is InChI=1S/C28H34F3N5O2/c1-19-3-4-23(32-27(37)36-8-5-20(17-36)16-28(29,30)31)15-24(19)22-13-25(21-6-7-34(2)18-21)33-26(14-22)35-9-11-38-12-10-35/h3-4,6,13-15,20H,5,7-12,16-18H2,1-2H3,(H,32,37)/t20-/m0/s1. The van der Waals surface area contributed by atoms with Crippen molar-refractivity contribution < 1.29 is 22.7 Å². The topological polar surface area (TPSA) is 60.9 Å². The Morgan fingerprint density at radius 2 is 1.95 bits per heavy atom. The highest BCUT2D eigenvalue weighted by atomic mass is 19.4. The third-order valence-electron chi connectivity index (χ3n) is 7.46. The average molecular weight is 530 g/mol. The average Bonchev–Trinajstić information content (AvgIpc) is 3.53. The van der Waals surface area contributed by atoms with Crippen molar-refractivity contribution in [1.29, 1.82) is 0 Å². The molecular weight excluding hydrogens is 495 g/mol. The van der Waals surface area contributed by atoms with Crippen molar-refractivity contribution >= 4 is 23.1 Å². The number of urea groups is 1. The van der Waals surface area contributed by atoms with E-state index in [-0.39, 0.29) is 12.6 Å². The van der Waals surface area contributed by atoms with Gasteiger partial charge in [-0.1, -0.05) is 12.1 Å². The molecule has 5 rings (SSSR count). The van der Waals surface area contributed by atoms with E-state index in [9.17, 15) is 18.0 Å². The van der Waals surface area contributed by atoms with Crippen LogP contribution in [0.3, 0.4) is 0 Å². The van der Waals surface area contributed by atoms with E-state index in [1.165, 1.54) is 10.5 Å². The summed E-state index contributed by atoms with van der Waals surface area (Å²) in [6.07, 6.45) is -2.49. The van der Waals surface area contributed by atoms with Gasteiger partial charge in [0.2, 0.25) is 0 Å². The van der Waals surface area contributed by atoms with Crippen LogP contribution in [-0.4, -0.2) is 86.5 Å². The summed E-state index contributed by atoms with van der Waals surface area (Å²) in [7, 11) is 2.08. The Morgan fingerprint density at radius 3 is 2.66 bits per heavy atom. The number of aryl methyl sites for hydroxylation is 1. The molecule has 0 spiro atoms. The number of pyridine rings is 1. The number of benzene rings is 1. The number of hydrogen-bond donors (Lipinski definition) is 1. The van der Waals surface area contributed by atoms with E-state index in [4.69, 9.17) is 9.72 Å². The van der Waals surface area contributed by atoms with E-state index in [0.717, 1.165) is 54.4 Å². The molecule has 2 saturated heterocycles. The predicted octanol–water partition coefficient (Wildman–Crippen LogP) is 5.03. The number of anilines is 2. The number of alkyl halides is 3. The first-order valence-electron chi connectivity index (χ1n) is 13.1. The van der Waals surface area contributed by atoms with Crippen LogP contribution in [0, 0.1) is 12.8 Å². The van der Waals surface area contributed by atoms with E-state index in [1.807, 2.05) is 25.1 Å². The van der Waals surface area contributed by atoms with Crippen LogP contribution in [0.1, 0.15) is 24.1 Å². The molecule has 0 radical (unpaired) electrons. The Hall–Kier alpha value is -3.11. The van der Waals surface area contributed by atoms with Crippen molar-refractivity contribution in [3.05, 3.63) is 47.7 Å². The number of likely N-dealkylation sites (tertiary alicyclic amines) is 1. The molecule has 2 aromatic rings. The molecule has 10 heteroatoms. The highest BCUT2D eigenvalue weighted by molar-refractivity contribution is 5.91. The summed E-state index contributed by atoms with van der Waals surface area (Å²) in [6.45, 7) is 7.05. The molecule has 0 bridgehead atoms. The minimum atomic E-state index is -4.21. The summed E-state index contributed by atoms with van der Waals surface area (Å²) in [5, 5.41) is 2.90. The summed E-state index contributed by atoms with van der Waals surface area (Å²) in [5.74, 6) is 0.352. The van der Waals surface area contributed by atoms with Gasteiger partial charge < -0.3 is 19.9 Å². The van der Waals surface area contributed by atoms with Crippen LogP contribution in [0.2, 0.25) is 0 Å². The number of hydrogen-bond acceptors (Lipinski definition) is 5. The Kier molecular flexibility index (Phi) is 7.63. The summed E-state index contributed by atoms with van der Waals surface area (Å²) < 4.78 is 43.9. The van der Waals surface area contributed by atoms with Gasteiger partial charge in [0.05, 0.1) is 18.9 Å². The van der Waals surface area contributed by atoms with Crippen molar-refractivity contribution in [3.8, 4) is 11.1 Å². The van der Waals surface area contributed by atoms with Gasteiger partial charge in [-0.15, -0.1) is 0 Å². The Bertz CT molecular complexity index is 1210. The molecule has 0 unspecified atom stereocenters. The summed E-state index contributed by atoms with van der Waals surface area (Å²) in [5.41, 5.74) is 5.78. The molecule has 4 heterocycles. The predicted molar refractivity (Wildman–Crippen MR) is 142 cm³/mol. The SMILES string of the molecule is Cc1ccc(NC(=O)N2CC[C@@H](CC(F)(F)F)C2)cc1-c1cc(C2=CCN(C)C2)nc(N2CCOCC2)c1. The highest BCUT2D eigenvalue weighted by Crippen LogP contribution is 2.34. The molecule has 3 aliphatic rings. The molecule has 3 aliphatic heterocycles. The summed E-state index contributed by atoms with van der Waals surface area (Å²) >= 11 is 0. The normalized spacial score (nSPS) is 20.7. The number of morpholine rings is 1. The first kappa shape index (κ1) is 26.5. The number of amides is 2. The molecular formula is C28H34F3N5O2. The van der Waals surface area contributed by atoms with E-state index in [0.29, 0.717) is 31.9 Å². The number of nitrogens with zero attached hydrogens (tertiary/aromatic N) is 4. The highest BCUT2D eigenvalue weighted by Gasteiger charge is 2.36. The second-order valence-corrected chi connectivity index (χ2v) is 10.5. The van der Waals surface area contributed by atoms with Gasteiger partial charge in [0.1, 0.15) is 5.82 Å². The van der Waals surface area contributed by atoms with Crippen LogP contribution in [0.4, 0.5) is 29.5 Å². The second kappa shape index (κ2) is 10.9. The smallest absolute Gasteiger partial charge is 0.378 e. The van der Waals surface area contributed by atoms with Crippen molar-refractivity contribution in [2.24, 2.45) is 5.92 Å². The number of rotatable bonds is 5. The third-order valence-corrected chi connectivity index (χ3v) is 7.46. The Morgan fingerprint density at radius 1 is 1.16 bits per heavy atom. The number of halogens is 3. The first-order chi connectivity index (χ1) is 18.1. The van der Waals surface area contributed by atoms with Gasteiger partial charge >= 0.3 is 12.2 Å². The lowest BCUT2D eigenvalue weighted by Crippen LogP contribution is -2.36. The van der Waals surface area contributed by atoms with Crippen LogP contribution in [0.15, 0.2) is 36.4 Å². The van der Waals surface area contributed by atoms with Crippen molar-refractivity contribution in [1.82, 2.24) is 14.8 Å². The number of aromatic nitrogens is 1. The van der Waals surface area contributed by atoms with Crippen LogP contribution in [0.25, 0.3) is 16.7 Å². The fraction of sp³-hybridized carbons (Fsp3) is 0.500. The number of likely N-dealkylation sites (N-methyl/N-ethyl adjacent to an activating group) is 1. The zero-order valence-electron chi connectivity index (χ0n) is 21.9. The number of carbonyl (C=O) groups is 1. The number of carbonyl (C=O) groups excluding carboxylic acids is 1. The minimum absolute atomic E-state index is 0.115. The third kappa shape index (κ3) is 6.30. The van der Waals surface area contributed by atoms with Gasteiger partial charge in [-0.2, -0.15) is 13.2 Å². The van der Waals surface area contributed by atoms with Gasteiger partial charge in [0, 0.05) is 51.4 Å². The van der Waals surface area contributed by atoms with E-state index >= 15 is 0 Å². The molecule has 2 amide bonds. The molecule has 0 saturated carbocycles. The zero-order valence-corrected chi connectivity index (χ0v) is 21.9. The monoisotopic (exact) mass is 529 g/mol. The molecule has 1 aromatic heterocycles. The molecule has 1 N–H and O–H groups in total. The fourth-order valence-electron chi connectivity index (χ4n) is 5.39. The molecule has 1 atom stereocenters. The molecule has 204 valence electrons. The van der Waals surface area contributed by atoms with E-state index in [2.05, 4.69) is 40.4 Å². The van der Waals surface area contributed by atoms with Crippen LogP contribution >= 0.6 is 0 Å². The quantitative estimate of drug-likeness (QED) is 0.589. The Labute approximate surface area is 221 Å². The van der Waals surface area contributed by atoms with Gasteiger partial charge in [-0.3, -0.25) is 4.90 Å². The van der Waals surface area contributed by atoms with Crippen molar-refractivity contribution in [2.75, 3.05) is 69.7 Å². The van der Waals surface area contributed by atoms with E-state index in [1.54, 1.807) is 0 Å². The lowest BCUT2D eigenvalue weighted by molar-refractivity contribution is -0.143. The van der Waals surface area contributed by atoms with Gasteiger partial charge in [-0.25, -0.2) is 9.78 Å². The van der Waals surface area contributed by atoms with Crippen molar-refractivity contribution in [3.63, 3.8) is 0 Å². The van der Waals surface area contributed by atoms with Gasteiger partial charge in [0.25, 0.3) is 0 Å². The van der Waals surface area contributed by atoms with Crippen LogP contribution < -0.4 is 10.2 Å². The van der Waals surface area contributed by atoms with Crippen molar-refractivity contribution in [2.45, 2.75) is 25.9 Å². The second-order valence-electron chi connectivity index (χ2n) is 10.5. The van der Waals surface area contributed by atoms with E-state index < -0.39 is 18.5 Å².